The summed E-state index contributed by atoms with van der Waals surface area (Å²) >= 11 is 3.21. The van der Waals surface area contributed by atoms with Crippen molar-refractivity contribution in [1.82, 2.24) is 0 Å². The van der Waals surface area contributed by atoms with Gasteiger partial charge in [0.1, 0.15) is 11.6 Å². The zero-order chi connectivity index (χ0) is 10.7. The van der Waals surface area contributed by atoms with Crippen molar-refractivity contribution < 1.29 is 14.2 Å². The van der Waals surface area contributed by atoms with E-state index in [9.17, 15) is 9.50 Å². The van der Waals surface area contributed by atoms with Gasteiger partial charge in [-0.25, -0.2) is 4.39 Å². The highest BCUT2D eigenvalue weighted by Crippen LogP contribution is 2.35. The fourth-order valence-corrected chi connectivity index (χ4v) is 1.96. The third-order valence-corrected chi connectivity index (χ3v) is 2.85. The van der Waals surface area contributed by atoms with Crippen molar-refractivity contribution in [3.05, 3.63) is 28.0 Å². The number of rotatable bonds is 3. The van der Waals surface area contributed by atoms with Gasteiger partial charge in [-0.05, 0) is 34.5 Å². The van der Waals surface area contributed by atoms with E-state index in [2.05, 4.69) is 15.9 Å². The predicted octanol–water partition coefficient (Wildman–Crippen LogP) is 3.04. The number of aliphatic hydroxyl groups is 1. The lowest BCUT2D eigenvalue weighted by Crippen LogP contribution is -2.01. The Kier molecular flexibility index (Phi) is 3.89. The normalized spacial score (nSPS) is 12.6. The fourth-order valence-electron chi connectivity index (χ4n) is 1.22. The van der Waals surface area contributed by atoms with Gasteiger partial charge in [-0.2, -0.15) is 0 Å². The molecule has 1 aromatic carbocycles. The largest absolute Gasteiger partial charge is 0.496 e. The average molecular weight is 263 g/mol. The Morgan fingerprint density at radius 1 is 1.57 bits per heavy atom. The second kappa shape index (κ2) is 4.75. The molecule has 2 nitrogen and oxygen atoms in total. The van der Waals surface area contributed by atoms with E-state index in [1.54, 1.807) is 6.92 Å². The van der Waals surface area contributed by atoms with E-state index < -0.39 is 11.9 Å². The van der Waals surface area contributed by atoms with Crippen LogP contribution in [0.25, 0.3) is 0 Å². The number of halogens is 2. The maximum atomic E-state index is 13.4. The van der Waals surface area contributed by atoms with Crippen LogP contribution in [0, 0.1) is 5.82 Å². The molecule has 0 radical (unpaired) electrons. The van der Waals surface area contributed by atoms with Crippen molar-refractivity contribution in [2.75, 3.05) is 7.11 Å². The number of benzene rings is 1. The Hall–Kier alpha value is -0.610. The summed E-state index contributed by atoms with van der Waals surface area (Å²) in [6.45, 7) is 1.79. The van der Waals surface area contributed by atoms with Crippen molar-refractivity contribution in [3.63, 3.8) is 0 Å². The lowest BCUT2D eigenvalue weighted by Gasteiger charge is -2.14. The van der Waals surface area contributed by atoms with Gasteiger partial charge in [0, 0.05) is 5.56 Å². The molecule has 0 amide bonds. The van der Waals surface area contributed by atoms with Gasteiger partial charge in [-0.3, -0.25) is 0 Å². The first-order valence-corrected chi connectivity index (χ1v) is 5.11. The van der Waals surface area contributed by atoms with Crippen LogP contribution in [0.2, 0.25) is 0 Å². The van der Waals surface area contributed by atoms with Crippen LogP contribution < -0.4 is 4.74 Å². The Morgan fingerprint density at radius 3 is 2.71 bits per heavy atom. The first-order valence-electron chi connectivity index (χ1n) is 4.31. The van der Waals surface area contributed by atoms with E-state index in [0.717, 1.165) is 0 Å². The minimum absolute atomic E-state index is 0.256. The van der Waals surface area contributed by atoms with E-state index in [4.69, 9.17) is 4.74 Å². The summed E-state index contributed by atoms with van der Waals surface area (Å²) in [7, 11) is 1.50. The van der Waals surface area contributed by atoms with Crippen LogP contribution >= 0.6 is 15.9 Å². The summed E-state index contributed by atoms with van der Waals surface area (Å²) in [5, 5.41) is 9.59. The molecule has 0 spiro atoms. The van der Waals surface area contributed by atoms with E-state index in [-0.39, 0.29) is 5.56 Å². The quantitative estimate of drug-likeness (QED) is 0.908. The van der Waals surface area contributed by atoms with Crippen molar-refractivity contribution in [1.29, 1.82) is 0 Å². The Bertz CT molecular complexity index is 328. The number of hydrogen-bond donors (Lipinski definition) is 1. The third kappa shape index (κ3) is 2.07. The van der Waals surface area contributed by atoms with Gasteiger partial charge in [0.2, 0.25) is 0 Å². The lowest BCUT2D eigenvalue weighted by molar-refractivity contribution is 0.167. The highest BCUT2D eigenvalue weighted by atomic mass is 79.9. The highest BCUT2D eigenvalue weighted by molar-refractivity contribution is 9.10. The molecule has 1 rings (SSSR count). The zero-order valence-electron chi connectivity index (χ0n) is 8.05. The monoisotopic (exact) mass is 262 g/mol. The minimum atomic E-state index is -0.806. The number of methoxy groups -OCH3 is 1. The molecular weight excluding hydrogens is 251 g/mol. The molecule has 1 unspecified atom stereocenters. The summed E-state index contributed by atoms with van der Waals surface area (Å²) < 4.78 is 18.9. The Labute approximate surface area is 90.8 Å². The molecule has 1 N–H and O–H groups in total. The highest BCUT2D eigenvalue weighted by Gasteiger charge is 2.17. The molecule has 0 saturated carbocycles. The van der Waals surface area contributed by atoms with Crippen molar-refractivity contribution in [2.45, 2.75) is 19.4 Å². The first kappa shape index (κ1) is 11.5. The van der Waals surface area contributed by atoms with Crippen LogP contribution in [0.3, 0.4) is 0 Å². The van der Waals surface area contributed by atoms with E-state index in [1.807, 2.05) is 0 Å². The predicted molar refractivity (Wildman–Crippen MR) is 55.9 cm³/mol. The maximum Gasteiger partial charge on any atom is 0.133 e. The van der Waals surface area contributed by atoms with Crippen LogP contribution in [-0.2, 0) is 0 Å². The molecular formula is C10H12BrFO2. The molecule has 0 aliphatic heterocycles. The van der Waals surface area contributed by atoms with Crippen LogP contribution in [0.1, 0.15) is 25.0 Å². The summed E-state index contributed by atoms with van der Waals surface area (Å²) in [5.41, 5.74) is 0.256. The topological polar surface area (TPSA) is 29.5 Å². The first-order chi connectivity index (χ1) is 6.61. The Balaban J connectivity index is 3.25. The molecule has 0 aromatic heterocycles. The molecule has 0 bridgehead atoms. The molecule has 0 saturated heterocycles. The van der Waals surface area contributed by atoms with Gasteiger partial charge in [0.05, 0.1) is 17.7 Å². The van der Waals surface area contributed by atoms with Crippen LogP contribution in [0.5, 0.6) is 5.75 Å². The third-order valence-electron chi connectivity index (χ3n) is 2.03. The van der Waals surface area contributed by atoms with Crippen LogP contribution in [0.4, 0.5) is 4.39 Å². The van der Waals surface area contributed by atoms with Gasteiger partial charge < -0.3 is 9.84 Å². The van der Waals surface area contributed by atoms with Gasteiger partial charge in [0.25, 0.3) is 0 Å². The second-order valence-corrected chi connectivity index (χ2v) is 3.69. The van der Waals surface area contributed by atoms with Gasteiger partial charge in [-0.1, -0.05) is 6.92 Å². The number of ether oxygens (including phenoxy) is 1. The number of aliphatic hydroxyl groups excluding tert-OH is 1. The smallest absolute Gasteiger partial charge is 0.133 e. The molecule has 0 heterocycles. The summed E-state index contributed by atoms with van der Waals surface area (Å²) in [6, 6.07) is 2.81. The molecule has 4 heteroatoms. The second-order valence-electron chi connectivity index (χ2n) is 2.90. The zero-order valence-corrected chi connectivity index (χ0v) is 9.64. The lowest BCUT2D eigenvalue weighted by atomic mass is 10.1. The average Bonchev–Trinajstić information content (AvgIpc) is 2.18. The van der Waals surface area contributed by atoms with E-state index >= 15 is 0 Å². The molecule has 1 atom stereocenters. The summed E-state index contributed by atoms with van der Waals surface area (Å²) in [6.07, 6.45) is -0.345. The molecule has 0 aliphatic rings. The SMILES string of the molecule is CCC(O)c1c(F)ccc(OC)c1Br. The summed E-state index contributed by atoms with van der Waals surface area (Å²) in [4.78, 5) is 0. The Morgan fingerprint density at radius 2 is 2.21 bits per heavy atom. The summed E-state index contributed by atoms with van der Waals surface area (Å²) in [5.74, 6) is 0.0981. The molecule has 1 aromatic rings. The van der Waals surface area contributed by atoms with Crippen molar-refractivity contribution in [2.24, 2.45) is 0 Å². The van der Waals surface area contributed by atoms with Crippen LogP contribution in [0.15, 0.2) is 16.6 Å². The van der Waals surface area contributed by atoms with E-state index in [1.165, 1.54) is 19.2 Å². The van der Waals surface area contributed by atoms with Gasteiger partial charge in [0.15, 0.2) is 0 Å². The minimum Gasteiger partial charge on any atom is -0.496 e. The molecule has 78 valence electrons. The molecule has 0 fully saturated rings. The van der Waals surface area contributed by atoms with Crippen LogP contribution in [-0.4, -0.2) is 12.2 Å². The molecule has 14 heavy (non-hydrogen) atoms. The van der Waals surface area contributed by atoms with Gasteiger partial charge in [-0.15, -0.1) is 0 Å². The maximum absolute atomic E-state index is 13.4. The van der Waals surface area contributed by atoms with Crippen molar-refractivity contribution in [3.8, 4) is 5.75 Å². The molecule has 0 aliphatic carbocycles. The van der Waals surface area contributed by atoms with Crippen molar-refractivity contribution >= 4 is 15.9 Å². The van der Waals surface area contributed by atoms with E-state index in [0.29, 0.717) is 16.6 Å². The van der Waals surface area contributed by atoms with Gasteiger partial charge >= 0.3 is 0 Å². The number of hydrogen-bond acceptors (Lipinski definition) is 2. The standard InChI is InChI=1S/C10H12BrFO2/c1-3-7(13)9-6(12)4-5-8(14-2)10(9)11/h4-5,7,13H,3H2,1-2H3. The fraction of sp³-hybridized carbons (Fsp3) is 0.400.